The first-order valence-corrected chi connectivity index (χ1v) is 16.2. The molecule has 274 valence electrons. The molecule has 3 aliphatic carbocycles. The summed E-state index contributed by atoms with van der Waals surface area (Å²) in [5, 5.41) is 0. The number of rotatable bonds is 13. The number of aryl methyl sites for hydroxylation is 1. The molecule has 0 aromatic heterocycles. The van der Waals surface area contributed by atoms with Gasteiger partial charge < -0.3 is 19.1 Å². The van der Waals surface area contributed by atoms with Gasteiger partial charge in [0.25, 0.3) is 0 Å². The second kappa shape index (κ2) is 14.5. The number of likely N-dealkylation sites (N-methyl/N-ethyl adjacent to an activating group) is 2. The maximum atomic E-state index is 13.3. The second-order valence-electron chi connectivity index (χ2n) is 13.6. The number of ether oxygens (including phenoxy) is 3. The molecule has 0 N–H and O–H groups in total. The van der Waals surface area contributed by atoms with Gasteiger partial charge in [0.05, 0.1) is 14.5 Å². The van der Waals surface area contributed by atoms with E-state index in [0.29, 0.717) is 37.4 Å². The van der Waals surface area contributed by atoms with E-state index in [-0.39, 0.29) is 37.5 Å². The number of hydrogen-bond acceptors (Lipinski definition) is 5. The van der Waals surface area contributed by atoms with Crippen molar-refractivity contribution in [3.05, 3.63) is 29.3 Å². The lowest BCUT2D eigenvalue weighted by Gasteiger charge is -2.52. The number of fused-ring (bicyclic) bond motifs is 5. The van der Waals surface area contributed by atoms with Crippen molar-refractivity contribution in [2.24, 2.45) is 17.3 Å². The normalized spacial score (nSPS) is 26.5. The van der Waals surface area contributed by atoms with Crippen molar-refractivity contribution < 1.29 is 59.9 Å². The summed E-state index contributed by atoms with van der Waals surface area (Å²) in [4.78, 5) is 16.4. The highest BCUT2D eigenvalue weighted by Crippen LogP contribution is 2.62. The van der Waals surface area contributed by atoms with Crippen molar-refractivity contribution in [2.75, 3.05) is 54.1 Å². The van der Waals surface area contributed by atoms with Crippen LogP contribution >= 0.6 is 0 Å². The molecule has 0 aliphatic heterocycles. The summed E-state index contributed by atoms with van der Waals surface area (Å²) in [6, 6.07) is 6.23. The fourth-order valence-corrected chi connectivity index (χ4v) is 8.49. The number of hydrogen-bond donors (Lipinski definition) is 0. The number of benzene rings is 1. The minimum Gasteiger partial charge on any atom is -0.493 e. The van der Waals surface area contributed by atoms with Crippen LogP contribution in [0, 0.1) is 17.3 Å². The van der Waals surface area contributed by atoms with Crippen molar-refractivity contribution in [3.63, 3.8) is 0 Å². The van der Waals surface area contributed by atoms with Crippen LogP contribution in [0.25, 0.3) is 0 Å². The minimum atomic E-state index is -6.78. The van der Waals surface area contributed by atoms with E-state index in [1.807, 2.05) is 6.07 Å². The van der Waals surface area contributed by atoms with E-state index in [2.05, 4.69) is 23.8 Å². The predicted octanol–water partition coefficient (Wildman–Crippen LogP) is 7.55. The molecular weight excluding hydrogens is 659 g/mol. The van der Waals surface area contributed by atoms with Gasteiger partial charge in [-0.05, 0) is 98.4 Å². The molecular formula is C33H45F9N2O4. The van der Waals surface area contributed by atoms with E-state index in [1.165, 1.54) is 23.1 Å². The summed E-state index contributed by atoms with van der Waals surface area (Å²) in [6.07, 6.45) is -14.7. The van der Waals surface area contributed by atoms with Crippen molar-refractivity contribution in [1.29, 1.82) is 0 Å². The molecule has 15 heteroatoms. The van der Waals surface area contributed by atoms with Gasteiger partial charge in [0.1, 0.15) is 5.75 Å². The number of halogens is 9. The van der Waals surface area contributed by atoms with E-state index >= 15 is 0 Å². The molecule has 1 amide bonds. The van der Waals surface area contributed by atoms with Crippen molar-refractivity contribution in [1.82, 2.24) is 9.80 Å². The molecule has 0 saturated heterocycles. The van der Waals surface area contributed by atoms with E-state index in [9.17, 15) is 44.3 Å². The van der Waals surface area contributed by atoms with Gasteiger partial charge in [0.2, 0.25) is 5.91 Å². The molecule has 1 aromatic rings. The van der Waals surface area contributed by atoms with Crippen molar-refractivity contribution in [3.8, 4) is 5.75 Å². The number of amides is 1. The zero-order valence-corrected chi connectivity index (χ0v) is 27.4. The highest BCUT2D eigenvalue weighted by atomic mass is 19.4. The number of carbonyl (C=O) groups excluding carboxylic acids is 1. The summed E-state index contributed by atoms with van der Waals surface area (Å²) in [6.45, 7) is 1.26. The summed E-state index contributed by atoms with van der Waals surface area (Å²) in [5.41, 5.74) is -3.80. The van der Waals surface area contributed by atoms with Crippen molar-refractivity contribution in [2.45, 2.75) is 94.4 Å². The Morgan fingerprint density at radius 3 is 2.27 bits per heavy atom. The van der Waals surface area contributed by atoms with Gasteiger partial charge in [-0.25, -0.2) is 0 Å². The average molecular weight is 706 g/mol. The number of nitrogens with zero attached hydrogens (tertiary/aromatic N) is 2. The molecule has 2 saturated carbocycles. The molecule has 3 aliphatic rings. The molecule has 2 fully saturated rings. The SMILES string of the molecule is [2H]COCCCOc1ccc2c(c1)CCC1C2CC[C@@]2(C)C1CC[C@@H]2N(C)C(=O)CN(C)CCCOC(C(F)(F)F)(C(F)(F)F)C(F)(F)F. The Morgan fingerprint density at radius 1 is 0.938 bits per heavy atom. The molecule has 4 rings (SSSR count). The van der Waals surface area contributed by atoms with Crippen LogP contribution in [0.1, 0.15) is 70.3 Å². The summed E-state index contributed by atoms with van der Waals surface area (Å²) in [5.74, 6) is 1.77. The summed E-state index contributed by atoms with van der Waals surface area (Å²) < 4.78 is 140. The Labute approximate surface area is 276 Å². The lowest BCUT2D eigenvalue weighted by Crippen LogP contribution is -2.67. The zero-order valence-electron chi connectivity index (χ0n) is 28.4. The maximum Gasteiger partial charge on any atom is 0.435 e. The molecule has 0 bridgehead atoms. The quantitative estimate of drug-likeness (QED) is 0.157. The molecule has 1 aromatic carbocycles. The molecule has 48 heavy (non-hydrogen) atoms. The second-order valence-corrected chi connectivity index (χ2v) is 13.6. The van der Waals surface area contributed by atoms with Gasteiger partial charge in [-0.1, -0.05) is 13.0 Å². The molecule has 5 atom stereocenters. The first kappa shape index (κ1) is 37.0. The number of alkyl halides is 9. The Morgan fingerprint density at radius 2 is 1.62 bits per heavy atom. The van der Waals surface area contributed by atoms with Gasteiger partial charge in [0, 0.05) is 46.4 Å². The van der Waals surface area contributed by atoms with Gasteiger partial charge in [-0.3, -0.25) is 9.69 Å². The largest absolute Gasteiger partial charge is 0.493 e. The predicted molar refractivity (Wildman–Crippen MR) is 159 cm³/mol. The van der Waals surface area contributed by atoms with Crippen LogP contribution in [0.15, 0.2) is 18.2 Å². The third kappa shape index (κ3) is 7.42. The lowest BCUT2D eigenvalue weighted by molar-refractivity contribution is -0.457. The maximum absolute atomic E-state index is 13.3. The van der Waals surface area contributed by atoms with Crippen LogP contribution in [0.2, 0.25) is 0 Å². The van der Waals surface area contributed by atoms with Gasteiger partial charge >= 0.3 is 24.1 Å². The zero-order chi connectivity index (χ0) is 36.4. The van der Waals surface area contributed by atoms with E-state index < -0.39 is 37.2 Å². The lowest BCUT2D eigenvalue weighted by atomic mass is 9.55. The van der Waals surface area contributed by atoms with Crippen LogP contribution in [0.4, 0.5) is 39.5 Å². The van der Waals surface area contributed by atoms with Crippen LogP contribution in [0.5, 0.6) is 5.75 Å². The van der Waals surface area contributed by atoms with E-state index in [1.54, 1.807) is 11.9 Å². The Kier molecular flexibility index (Phi) is 11.2. The molecule has 6 nitrogen and oxygen atoms in total. The molecule has 3 unspecified atom stereocenters. The number of carbonyl (C=O) groups is 1. The monoisotopic (exact) mass is 705 g/mol. The molecule has 0 radical (unpaired) electrons. The third-order valence-corrected chi connectivity index (χ3v) is 10.8. The van der Waals surface area contributed by atoms with E-state index in [0.717, 1.165) is 44.3 Å². The third-order valence-electron chi connectivity index (χ3n) is 10.8. The first-order chi connectivity index (χ1) is 22.8. The van der Waals surface area contributed by atoms with Crippen LogP contribution in [-0.4, -0.2) is 100.0 Å². The Bertz CT molecular complexity index is 1240. The molecule has 0 heterocycles. The highest BCUT2D eigenvalue weighted by molar-refractivity contribution is 5.78. The Hall–Kier alpha value is -2.26. The highest BCUT2D eigenvalue weighted by Gasteiger charge is 2.85. The van der Waals surface area contributed by atoms with Crippen LogP contribution in [-0.2, 0) is 20.7 Å². The van der Waals surface area contributed by atoms with Crippen LogP contribution < -0.4 is 4.74 Å². The smallest absolute Gasteiger partial charge is 0.435 e. The average Bonchev–Trinajstić information content (AvgIpc) is 3.35. The minimum absolute atomic E-state index is 0.0649. The fourth-order valence-electron chi connectivity index (χ4n) is 8.49. The topological polar surface area (TPSA) is 51.2 Å². The van der Waals surface area contributed by atoms with Gasteiger partial charge in [-0.2, -0.15) is 39.5 Å². The van der Waals surface area contributed by atoms with Gasteiger partial charge in [-0.15, -0.1) is 0 Å². The first-order valence-electron chi connectivity index (χ1n) is 16.9. The van der Waals surface area contributed by atoms with Gasteiger partial charge in [0.15, 0.2) is 0 Å². The fraction of sp³-hybridized carbons (Fsp3) is 0.788. The Balaban J connectivity index is 1.31. The molecule has 0 spiro atoms. The summed E-state index contributed by atoms with van der Waals surface area (Å²) in [7, 11) is 3.05. The van der Waals surface area contributed by atoms with E-state index in [4.69, 9.17) is 10.8 Å². The van der Waals surface area contributed by atoms with Crippen LogP contribution in [0.3, 0.4) is 0 Å². The summed E-state index contributed by atoms with van der Waals surface area (Å²) >= 11 is 0. The number of methoxy groups -OCH3 is 1. The van der Waals surface area contributed by atoms with Crippen molar-refractivity contribution >= 4 is 5.91 Å². The standard InChI is InChI=1S/C33H45F9N2O4/c1-29-14-13-24-23-10-8-22(47-17-6-16-46-4)19-21(23)7-9-25(24)26(29)11-12-27(29)44(3)28(45)20-43(2)15-5-18-48-30(31(34,35)36,32(37,38)39)33(40,41)42/h8,10,19,24-27H,5-7,9,11-18,20H2,1-4H3/t24?,25?,26?,27-,29-/m0/s1/i4D.